The van der Waals surface area contributed by atoms with Gasteiger partial charge in [-0.3, -0.25) is 4.79 Å². The minimum atomic E-state index is -0.186. The Labute approximate surface area is 161 Å². The molecule has 0 atom stereocenters. The standard InChI is InChI=1S/C20H18IN3O/c21-18-8-6-16(7-9-18)14-17(15-22)20(25)24-12-10-23(11-13-24)19-4-2-1-3-5-19/h1-9,14H,10-13H2/b17-14-. The molecule has 3 rings (SSSR count). The van der Waals surface area contributed by atoms with E-state index in [-0.39, 0.29) is 11.5 Å². The van der Waals surface area contributed by atoms with Crippen molar-refractivity contribution >= 4 is 40.3 Å². The first-order valence-electron chi connectivity index (χ1n) is 8.14. The Bertz CT molecular complexity index is 801. The SMILES string of the molecule is N#C/C(=C/c1ccc(I)cc1)C(=O)N1CCN(c2ccccc2)CC1. The minimum Gasteiger partial charge on any atom is -0.368 e. The van der Waals surface area contributed by atoms with Crippen LogP contribution in [0.2, 0.25) is 0 Å². The lowest BCUT2D eigenvalue weighted by atomic mass is 10.1. The summed E-state index contributed by atoms with van der Waals surface area (Å²) in [6.07, 6.45) is 1.67. The van der Waals surface area contributed by atoms with Gasteiger partial charge < -0.3 is 9.80 Å². The molecule has 1 amide bonds. The van der Waals surface area contributed by atoms with Crippen molar-refractivity contribution in [2.75, 3.05) is 31.1 Å². The highest BCUT2D eigenvalue weighted by atomic mass is 127. The number of hydrogen-bond donors (Lipinski definition) is 0. The molecule has 0 saturated carbocycles. The first kappa shape index (κ1) is 17.5. The molecule has 2 aromatic carbocycles. The lowest BCUT2D eigenvalue weighted by molar-refractivity contribution is -0.126. The van der Waals surface area contributed by atoms with Gasteiger partial charge in [-0.1, -0.05) is 30.3 Å². The number of nitrogens with zero attached hydrogens (tertiary/aromatic N) is 3. The molecule has 126 valence electrons. The number of carbonyl (C=O) groups is 1. The van der Waals surface area contributed by atoms with E-state index in [0.29, 0.717) is 13.1 Å². The lowest BCUT2D eigenvalue weighted by Gasteiger charge is -2.36. The molecule has 1 aliphatic rings. The molecule has 2 aromatic rings. The van der Waals surface area contributed by atoms with Gasteiger partial charge in [0.1, 0.15) is 11.6 Å². The highest BCUT2D eigenvalue weighted by Gasteiger charge is 2.23. The number of hydrogen-bond acceptors (Lipinski definition) is 3. The number of amides is 1. The van der Waals surface area contributed by atoms with Gasteiger partial charge in [0.25, 0.3) is 5.91 Å². The van der Waals surface area contributed by atoms with E-state index >= 15 is 0 Å². The molecule has 0 spiro atoms. The van der Waals surface area contributed by atoms with Crippen LogP contribution in [0.4, 0.5) is 5.69 Å². The maximum Gasteiger partial charge on any atom is 0.264 e. The average molecular weight is 443 g/mol. The van der Waals surface area contributed by atoms with E-state index in [0.717, 1.165) is 22.2 Å². The zero-order valence-corrected chi connectivity index (χ0v) is 15.9. The van der Waals surface area contributed by atoms with E-state index in [4.69, 9.17) is 0 Å². The van der Waals surface area contributed by atoms with Gasteiger partial charge in [0.05, 0.1) is 0 Å². The topological polar surface area (TPSA) is 47.3 Å². The number of carbonyl (C=O) groups excluding carboxylic acids is 1. The number of nitriles is 1. The highest BCUT2D eigenvalue weighted by Crippen LogP contribution is 2.17. The monoisotopic (exact) mass is 443 g/mol. The normalized spacial score (nSPS) is 15.0. The third-order valence-electron chi connectivity index (χ3n) is 4.22. The smallest absolute Gasteiger partial charge is 0.264 e. The van der Waals surface area contributed by atoms with Crippen molar-refractivity contribution in [3.63, 3.8) is 0 Å². The van der Waals surface area contributed by atoms with Crippen LogP contribution >= 0.6 is 22.6 Å². The molecule has 1 aliphatic heterocycles. The van der Waals surface area contributed by atoms with Crippen LogP contribution < -0.4 is 4.90 Å². The number of para-hydroxylation sites is 1. The van der Waals surface area contributed by atoms with Crippen LogP contribution in [0, 0.1) is 14.9 Å². The summed E-state index contributed by atoms with van der Waals surface area (Å²) in [5, 5.41) is 9.40. The third-order valence-corrected chi connectivity index (χ3v) is 4.94. The molecule has 0 aliphatic carbocycles. The van der Waals surface area contributed by atoms with Crippen LogP contribution in [-0.4, -0.2) is 37.0 Å². The van der Waals surface area contributed by atoms with E-state index in [1.807, 2.05) is 42.5 Å². The summed E-state index contributed by atoms with van der Waals surface area (Å²) in [5.41, 5.74) is 2.23. The molecule has 1 fully saturated rings. The van der Waals surface area contributed by atoms with Gasteiger partial charge in [-0.25, -0.2) is 0 Å². The number of piperazine rings is 1. The minimum absolute atomic E-state index is 0.186. The quantitative estimate of drug-likeness (QED) is 0.414. The second kappa shape index (κ2) is 8.17. The largest absolute Gasteiger partial charge is 0.368 e. The molecular formula is C20H18IN3O. The van der Waals surface area contributed by atoms with Crippen molar-refractivity contribution in [2.24, 2.45) is 0 Å². The Hall–Kier alpha value is -2.33. The van der Waals surface area contributed by atoms with Crippen LogP contribution in [0.25, 0.3) is 6.08 Å². The molecule has 1 heterocycles. The summed E-state index contributed by atoms with van der Waals surface area (Å²) in [4.78, 5) is 16.7. The van der Waals surface area contributed by atoms with Gasteiger partial charge in [-0.05, 0) is 58.5 Å². The molecule has 0 aromatic heterocycles. The van der Waals surface area contributed by atoms with E-state index < -0.39 is 0 Å². The number of benzene rings is 2. The molecule has 0 bridgehead atoms. The summed E-state index contributed by atoms with van der Waals surface area (Å²) in [5.74, 6) is -0.186. The summed E-state index contributed by atoms with van der Waals surface area (Å²) in [6, 6.07) is 20.0. The molecule has 5 heteroatoms. The van der Waals surface area contributed by atoms with Crippen LogP contribution in [0.1, 0.15) is 5.56 Å². The second-order valence-corrected chi connectivity index (χ2v) is 7.08. The van der Waals surface area contributed by atoms with E-state index in [1.54, 1.807) is 11.0 Å². The third kappa shape index (κ3) is 4.40. The van der Waals surface area contributed by atoms with Crippen molar-refractivity contribution in [1.29, 1.82) is 5.26 Å². The van der Waals surface area contributed by atoms with Crippen molar-refractivity contribution in [3.8, 4) is 6.07 Å². The summed E-state index contributed by atoms with van der Waals surface area (Å²) >= 11 is 2.23. The first-order chi connectivity index (χ1) is 12.2. The fourth-order valence-electron chi connectivity index (χ4n) is 2.84. The molecule has 0 radical (unpaired) electrons. The Morgan fingerprint density at radius 2 is 1.64 bits per heavy atom. The van der Waals surface area contributed by atoms with Gasteiger partial charge >= 0.3 is 0 Å². The van der Waals surface area contributed by atoms with Gasteiger partial charge in [-0.2, -0.15) is 5.26 Å². The second-order valence-electron chi connectivity index (χ2n) is 5.84. The van der Waals surface area contributed by atoms with Crippen LogP contribution in [0.3, 0.4) is 0 Å². The van der Waals surface area contributed by atoms with Crippen molar-refractivity contribution in [3.05, 3.63) is 69.3 Å². The Balaban J connectivity index is 1.66. The summed E-state index contributed by atoms with van der Waals surface area (Å²) < 4.78 is 1.12. The Morgan fingerprint density at radius 3 is 2.24 bits per heavy atom. The average Bonchev–Trinajstić information content (AvgIpc) is 2.68. The summed E-state index contributed by atoms with van der Waals surface area (Å²) in [6.45, 7) is 2.80. The number of halogens is 1. The zero-order valence-electron chi connectivity index (χ0n) is 13.7. The molecule has 0 N–H and O–H groups in total. The van der Waals surface area contributed by atoms with E-state index in [9.17, 15) is 10.1 Å². The van der Waals surface area contributed by atoms with Crippen LogP contribution in [-0.2, 0) is 4.79 Å². The van der Waals surface area contributed by atoms with E-state index in [1.165, 1.54) is 5.69 Å². The van der Waals surface area contributed by atoms with Crippen LogP contribution in [0.15, 0.2) is 60.2 Å². The van der Waals surface area contributed by atoms with Gasteiger partial charge in [0, 0.05) is 35.4 Å². The van der Waals surface area contributed by atoms with Gasteiger partial charge in [0.2, 0.25) is 0 Å². The zero-order chi connectivity index (χ0) is 17.6. The Kier molecular flexibility index (Phi) is 5.71. The predicted octanol–water partition coefficient (Wildman–Crippen LogP) is 3.55. The Morgan fingerprint density at radius 1 is 1.00 bits per heavy atom. The fourth-order valence-corrected chi connectivity index (χ4v) is 3.20. The molecular weight excluding hydrogens is 425 g/mol. The molecule has 0 unspecified atom stereocenters. The maximum atomic E-state index is 12.7. The van der Waals surface area contributed by atoms with E-state index in [2.05, 4.69) is 45.7 Å². The van der Waals surface area contributed by atoms with Crippen molar-refractivity contribution < 1.29 is 4.79 Å². The van der Waals surface area contributed by atoms with Crippen molar-refractivity contribution in [1.82, 2.24) is 4.90 Å². The predicted molar refractivity (Wildman–Crippen MR) is 108 cm³/mol. The van der Waals surface area contributed by atoms with Gasteiger partial charge in [-0.15, -0.1) is 0 Å². The molecule has 25 heavy (non-hydrogen) atoms. The maximum absolute atomic E-state index is 12.7. The molecule has 1 saturated heterocycles. The number of rotatable bonds is 3. The fraction of sp³-hybridized carbons (Fsp3) is 0.200. The molecule has 4 nitrogen and oxygen atoms in total. The first-order valence-corrected chi connectivity index (χ1v) is 9.22. The summed E-state index contributed by atoms with van der Waals surface area (Å²) in [7, 11) is 0. The highest BCUT2D eigenvalue weighted by molar-refractivity contribution is 14.1. The van der Waals surface area contributed by atoms with Crippen LogP contribution in [0.5, 0.6) is 0 Å². The van der Waals surface area contributed by atoms with Crippen molar-refractivity contribution in [2.45, 2.75) is 0 Å². The lowest BCUT2D eigenvalue weighted by Crippen LogP contribution is -2.49. The van der Waals surface area contributed by atoms with Gasteiger partial charge in [0.15, 0.2) is 0 Å². The number of anilines is 1.